The van der Waals surface area contributed by atoms with Crippen LogP contribution in [0.3, 0.4) is 0 Å². The highest BCUT2D eigenvalue weighted by atomic mass is 16.5. The Balaban J connectivity index is 2.20. The second-order valence-electron chi connectivity index (χ2n) is 5.56. The monoisotopic (exact) mass is 285 g/mol. The summed E-state index contributed by atoms with van der Waals surface area (Å²) < 4.78 is 5.93. The van der Waals surface area contributed by atoms with E-state index in [0.29, 0.717) is 12.6 Å². The first-order chi connectivity index (χ1) is 9.62. The number of hydrogen-bond acceptors (Lipinski definition) is 4. The van der Waals surface area contributed by atoms with Crippen LogP contribution in [0.1, 0.15) is 33.6 Å². The quantitative estimate of drug-likeness (QED) is 0.721. The Morgan fingerprint density at radius 2 is 1.95 bits per heavy atom. The molecule has 0 aromatic heterocycles. The first-order valence-corrected chi connectivity index (χ1v) is 7.95. The third-order valence-corrected chi connectivity index (χ3v) is 4.18. The fraction of sp³-hybridized carbons (Fsp3) is 0.933. The average Bonchev–Trinajstić information content (AvgIpc) is 2.50. The molecule has 5 nitrogen and oxygen atoms in total. The predicted octanol–water partition coefficient (Wildman–Crippen LogP) is 0.931. The van der Waals surface area contributed by atoms with Crippen molar-refractivity contribution in [2.24, 2.45) is 11.7 Å². The number of hydrogen-bond donors (Lipinski definition) is 1. The van der Waals surface area contributed by atoms with Gasteiger partial charge in [0.15, 0.2) is 0 Å². The van der Waals surface area contributed by atoms with Gasteiger partial charge < -0.3 is 20.3 Å². The van der Waals surface area contributed by atoms with E-state index < -0.39 is 0 Å². The molecule has 1 aliphatic heterocycles. The number of likely N-dealkylation sites (tertiary alicyclic amines) is 1. The maximum absolute atomic E-state index is 12.0. The minimum Gasteiger partial charge on any atom is -0.377 e. The number of amides is 1. The van der Waals surface area contributed by atoms with Gasteiger partial charge >= 0.3 is 0 Å². The van der Waals surface area contributed by atoms with Gasteiger partial charge in [0.25, 0.3) is 0 Å². The lowest BCUT2D eigenvalue weighted by molar-refractivity contribution is -0.137. The van der Waals surface area contributed by atoms with Gasteiger partial charge in [0.1, 0.15) is 0 Å². The van der Waals surface area contributed by atoms with E-state index in [9.17, 15) is 4.79 Å². The Morgan fingerprint density at radius 3 is 2.45 bits per heavy atom. The average molecular weight is 285 g/mol. The number of carbonyl (C=O) groups is 1. The van der Waals surface area contributed by atoms with Crippen LogP contribution in [0.25, 0.3) is 0 Å². The van der Waals surface area contributed by atoms with Gasteiger partial charge in [0.2, 0.25) is 5.91 Å². The molecule has 1 rings (SSSR count). The molecule has 2 N–H and O–H groups in total. The van der Waals surface area contributed by atoms with E-state index in [4.69, 9.17) is 10.5 Å². The molecule has 0 saturated carbocycles. The van der Waals surface area contributed by atoms with Crippen LogP contribution < -0.4 is 5.73 Å². The highest BCUT2D eigenvalue weighted by molar-refractivity contribution is 5.78. The van der Waals surface area contributed by atoms with Crippen LogP contribution in [0.2, 0.25) is 0 Å². The van der Waals surface area contributed by atoms with Gasteiger partial charge in [-0.05, 0) is 25.9 Å². The summed E-state index contributed by atoms with van der Waals surface area (Å²) in [6.45, 7) is 12.2. The van der Waals surface area contributed by atoms with Gasteiger partial charge in [-0.2, -0.15) is 0 Å². The van der Waals surface area contributed by atoms with Gasteiger partial charge in [-0.25, -0.2) is 0 Å². The smallest absolute Gasteiger partial charge is 0.226 e. The van der Waals surface area contributed by atoms with Crippen molar-refractivity contribution in [3.63, 3.8) is 0 Å². The molecule has 1 amide bonds. The Hall–Kier alpha value is -0.650. The fourth-order valence-corrected chi connectivity index (χ4v) is 2.54. The summed E-state index contributed by atoms with van der Waals surface area (Å²) in [5.41, 5.74) is 5.55. The minimum atomic E-state index is -0.0601. The maximum atomic E-state index is 12.0. The van der Waals surface area contributed by atoms with Gasteiger partial charge in [0.05, 0.1) is 12.7 Å². The second-order valence-corrected chi connectivity index (χ2v) is 5.56. The molecule has 1 heterocycles. The van der Waals surface area contributed by atoms with Crippen LogP contribution in [0.4, 0.5) is 0 Å². The van der Waals surface area contributed by atoms with Gasteiger partial charge in [-0.15, -0.1) is 0 Å². The molecule has 0 aromatic rings. The van der Waals surface area contributed by atoms with E-state index in [-0.39, 0.29) is 11.8 Å². The number of nitrogens with zero attached hydrogens (tertiary/aromatic N) is 2. The standard InChI is InChI=1S/C15H31N3O2/c1-4-17(5-2)10-11-20-14-6-8-18(9-7-14)15(19)13(3)12-16/h13-14H,4-12,16H2,1-3H3. The molecule has 1 aliphatic rings. The highest BCUT2D eigenvalue weighted by Crippen LogP contribution is 2.15. The first kappa shape index (κ1) is 17.4. The number of piperidine rings is 1. The van der Waals surface area contributed by atoms with E-state index in [2.05, 4.69) is 18.7 Å². The zero-order valence-corrected chi connectivity index (χ0v) is 13.3. The van der Waals surface area contributed by atoms with Crippen LogP contribution >= 0.6 is 0 Å². The van der Waals surface area contributed by atoms with Crippen molar-refractivity contribution in [1.29, 1.82) is 0 Å². The van der Waals surface area contributed by atoms with Crippen molar-refractivity contribution >= 4 is 5.91 Å². The molecule has 1 atom stereocenters. The summed E-state index contributed by atoms with van der Waals surface area (Å²) >= 11 is 0. The lowest BCUT2D eigenvalue weighted by Crippen LogP contribution is -2.44. The summed E-state index contributed by atoms with van der Waals surface area (Å²) in [7, 11) is 0. The molecule has 0 bridgehead atoms. The molecule has 20 heavy (non-hydrogen) atoms. The Kier molecular flexibility index (Phi) is 8.11. The minimum absolute atomic E-state index is 0.0601. The topological polar surface area (TPSA) is 58.8 Å². The van der Waals surface area contributed by atoms with E-state index in [0.717, 1.165) is 52.2 Å². The van der Waals surface area contributed by atoms with Crippen molar-refractivity contribution in [2.75, 3.05) is 45.9 Å². The highest BCUT2D eigenvalue weighted by Gasteiger charge is 2.25. The normalized spacial score (nSPS) is 18.6. The van der Waals surface area contributed by atoms with Gasteiger partial charge in [0, 0.05) is 32.1 Å². The van der Waals surface area contributed by atoms with E-state index >= 15 is 0 Å². The second kappa shape index (κ2) is 9.32. The van der Waals surface area contributed by atoms with E-state index in [1.54, 1.807) is 0 Å². The maximum Gasteiger partial charge on any atom is 0.226 e. The van der Waals surface area contributed by atoms with Crippen molar-refractivity contribution in [3.8, 4) is 0 Å². The Bertz CT molecular complexity index is 274. The SMILES string of the molecule is CCN(CC)CCOC1CCN(C(=O)C(C)CN)CC1. The van der Waals surface area contributed by atoms with Crippen molar-refractivity contribution in [2.45, 2.75) is 39.7 Å². The summed E-state index contributed by atoms with van der Waals surface area (Å²) in [5, 5.41) is 0. The zero-order valence-electron chi connectivity index (χ0n) is 13.3. The van der Waals surface area contributed by atoms with Crippen LogP contribution in [-0.4, -0.2) is 67.7 Å². The van der Waals surface area contributed by atoms with Crippen LogP contribution in [0.5, 0.6) is 0 Å². The number of rotatable bonds is 8. The molecule has 0 spiro atoms. The molecule has 0 aromatic carbocycles. The third kappa shape index (κ3) is 5.38. The summed E-state index contributed by atoms with van der Waals surface area (Å²) in [6, 6.07) is 0. The largest absolute Gasteiger partial charge is 0.377 e. The third-order valence-electron chi connectivity index (χ3n) is 4.18. The molecular weight excluding hydrogens is 254 g/mol. The van der Waals surface area contributed by atoms with Crippen molar-refractivity contribution < 1.29 is 9.53 Å². The summed E-state index contributed by atoms with van der Waals surface area (Å²) in [6.07, 6.45) is 2.20. The predicted molar refractivity (Wildman–Crippen MR) is 81.6 cm³/mol. The van der Waals surface area contributed by atoms with Crippen LogP contribution in [-0.2, 0) is 9.53 Å². The molecular formula is C15H31N3O2. The first-order valence-electron chi connectivity index (χ1n) is 7.95. The molecule has 0 aliphatic carbocycles. The molecule has 1 saturated heterocycles. The zero-order chi connectivity index (χ0) is 15.0. The summed E-state index contributed by atoms with van der Waals surface area (Å²) in [5.74, 6) is 0.129. The number of ether oxygens (including phenoxy) is 1. The number of likely N-dealkylation sites (N-methyl/N-ethyl adjacent to an activating group) is 1. The van der Waals surface area contributed by atoms with Gasteiger partial charge in [-0.1, -0.05) is 20.8 Å². The van der Waals surface area contributed by atoms with Gasteiger partial charge in [-0.3, -0.25) is 4.79 Å². The summed E-state index contributed by atoms with van der Waals surface area (Å²) in [4.78, 5) is 16.3. The lowest BCUT2D eigenvalue weighted by Gasteiger charge is -2.33. The molecule has 1 fully saturated rings. The van der Waals surface area contributed by atoms with Crippen molar-refractivity contribution in [3.05, 3.63) is 0 Å². The number of carbonyl (C=O) groups excluding carboxylic acids is 1. The fourth-order valence-electron chi connectivity index (χ4n) is 2.54. The number of nitrogens with two attached hydrogens (primary N) is 1. The molecule has 1 unspecified atom stereocenters. The van der Waals surface area contributed by atoms with Crippen LogP contribution in [0.15, 0.2) is 0 Å². The lowest BCUT2D eigenvalue weighted by atomic mass is 10.0. The Labute approximate surface area is 123 Å². The van der Waals surface area contributed by atoms with E-state index in [1.165, 1.54) is 0 Å². The molecule has 0 radical (unpaired) electrons. The Morgan fingerprint density at radius 1 is 1.35 bits per heavy atom. The van der Waals surface area contributed by atoms with Crippen molar-refractivity contribution in [1.82, 2.24) is 9.80 Å². The molecule has 5 heteroatoms. The molecule has 118 valence electrons. The van der Waals surface area contributed by atoms with E-state index in [1.807, 2.05) is 11.8 Å². The van der Waals surface area contributed by atoms with Crippen LogP contribution in [0, 0.1) is 5.92 Å².